The van der Waals surface area contributed by atoms with Crippen molar-refractivity contribution < 1.29 is 4.92 Å². The van der Waals surface area contributed by atoms with Crippen molar-refractivity contribution in [1.82, 2.24) is 0 Å². The Morgan fingerprint density at radius 2 is 2.31 bits per heavy atom. The Bertz CT molecular complexity index is 379. The van der Waals surface area contributed by atoms with Gasteiger partial charge < -0.3 is 5.32 Å². The number of hydrogen-bond donors (Lipinski definition) is 1. The molecule has 1 aromatic carbocycles. The lowest BCUT2D eigenvalue weighted by Crippen LogP contribution is -1.93. The molecule has 0 saturated heterocycles. The summed E-state index contributed by atoms with van der Waals surface area (Å²) in [6, 6.07) is 3.12. The standard InChI is InChI=1S/C8H7ClN2O2/c9-5-3-7-6(1-2-10-7)8(4-5)11(12)13/h3-4,10H,1-2H2. The summed E-state index contributed by atoms with van der Waals surface area (Å²) in [5.74, 6) is 0. The highest BCUT2D eigenvalue weighted by Gasteiger charge is 2.22. The lowest BCUT2D eigenvalue weighted by atomic mass is 10.1. The Labute approximate surface area is 79.7 Å². The van der Waals surface area contributed by atoms with Crippen molar-refractivity contribution in [3.05, 3.63) is 32.8 Å². The van der Waals surface area contributed by atoms with Crippen LogP contribution < -0.4 is 5.32 Å². The van der Waals surface area contributed by atoms with Crippen LogP contribution in [0.4, 0.5) is 11.4 Å². The molecule has 13 heavy (non-hydrogen) atoms. The van der Waals surface area contributed by atoms with Gasteiger partial charge in [-0.25, -0.2) is 0 Å². The van der Waals surface area contributed by atoms with Gasteiger partial charge in [0.15, 0.2) is 0 Å². The Morgan fingerprint density at radius 3 is 3.00 bits per heavy atom. The third-order valence-corrected chi connectivity index (χ3v) is 2.30. The number of rotatable bonds is 1. The second-order valence-corrected chi connectivity index (χ2v) is 3.32. The first kappa shape index (κ1) is 8.31. The molecule has 1 N–H and O–H groups in total. The van der Waals surface area contributed by atoms with Crippen molar-refractivity contribution in [1.29, 1.82) is 0 Å². The van der Waals surface area contributed by atoms with E-state index in [2.05, 4.69) is 5.32 Å². The fourth-order valence-electron chi connectivity index (χ4n) is 1.53. The average molecular weight is 199 g/mol. The quantitative estimate of drug-likeness (QED) is 0.556. The fraction of sp³-hybridized carbons (Fsp3) is 0.250. The second kappa shape index (κ2) is 2.88. The first-order valence-electron chi connectivity index (χ1n) is 3.89. The van der Waals surface area contributed by atoms with Crippen LogP contribution in [0.15, 0.2) is 12.1 Å². The van der Waals surface area contributed by atoms with Crippen molar-refractivity contribution in [2.75, 3.05) is 11.9 Å². The zero-order chi connectivity index (χ0) is 9.42. The van der Waals surface area contributed by atoms with Gasteiger partial charge in [-0.15, -0.1) is 0 Å². The summed E-state index contributed by atoms with van der Waals surface area (Å²) in [5.41, 5.74) is 1.67. The molecule has 0 aliphatic carbocycles. The molecule has 0 spiro atoms. The molecule has 4 nitrogen and oxygen atoms in total. The fourth-order valence-corrected chi connectivity index (χ4v) is 1.74. The average Bonchev–Trinajstić information content (AvgIpc) is 2.49. The molecule has 0 atom stereocenters. The minimum Gasteiger partial charge on any atom is -0.384 e. The van der Waals surface area contributed by atoms with Crippen molar-refractivity contribution in [3.63, 3.8) is 0 Å². The number of hydrogen-bond acceptors (Lipinski definition) is 3. The number of nitro benzene ring substituents is 1. The number of nitrogens with one attached hydrogen (secondary N) is 1. The van der Waals surface area contributed by atoms with E-state index in [-0.39, 0.29) is 5.69 Å². The summed E-state index contributed by atoms with van der Waals surface area (Å²) < 4.78 is 0. The molecular weight excluding hydrogens is 192 g/mol. The topological polar surface area (TPSA) is 55.2 Å². The highest BCUT2D eigenvalue weighted by Crippen LogP contribution is 2.34. The molecule has 0 radical (unpaired) electrons. The Kier molecular flexibility index (Phi) is 1.84. The Hall–Kier alpha value is -1.29. The summed E-state index contributed by atoms with van der Waals surface area (Å²) in [6.45, 7) is 0.747. The number of nitro groups is 1. The van der Waals surface area contributed by atoms with Crippen LogP contribution in [0.1, 0.15) is 5.56 Å². The predicted octanol–water partition coefficient (Wildman–Crippen LogP) is 2.22. The summed E-state index contributed by atoms with van der Waals surface area (Å²) in [6.07, 6.45) is 0.697. The number of nitrogens with zero attached hydrogens (tertiary/aromatic N) is 1. The SMILES string of the molecule is O=[N+]([O-])c1cc(Cl)cc2c1CCN2. The van der Waals surface area contributed by atoms with E-state index in [1.165, 1.54) is 6.07 Å². The van der Waals surface area contributed by atoms with Crippen LogP contribution in [-0.2, 0) is 6.42 Å². The van der Waals surface area contributed by atoms with Gasteiger partial charge >= 0.3 is 0 Å². The maximum atomic E-state index is 10.6. The molecule has 68 valence electrons. The van der Waals surface area contributed by atoms with Crippen LogP contribution in [-0.4, -0.2) is 11.5 Å². The number of benzene rings is 1. The van der Waals surface area contributed by atoms with Crippen LogP contribution in [0.3, 0.4) is 0 Å². The van der Waals surface area contributed by atoms with E-state index in [0.29, 0.717) is 11.4 Å². The minimum atomic E-state index is -0.391. The van der Waals surface area contributed by atoms with Gasteiger partial charge in [-0.3, -0.25) is 10.1 Å². The van der Waals surface area contributed by atoms with Crippen molar-refractivity contribution in [3.8, 4) is 0 Å². The van der Waals surface area contributed by atoms with E-state index in [4.69, 9.17) is 11.6 Å². The molecule has 2 rings (SSSR count). The molecule has 0 unspecified atom stereocenters. The Balaban J connectivity index is 2.62. The van der Waals surface area contributed by atoms with Crippen molar-refractivity contribution in [2.45, 2.75) is 6.42 Å². The number of anilines is 1. The largest absolute Gasteiger partial charge is 0.384 e. The first-order chi connectivity index (χ1) is 6.18. The van der Waals surface area contributed by atoms with Crippen LogP contribution >= 0.6 is 11.6 Å². The van der Waals surface area contributed by atoms with Gasteiger partial charge in [0, 0.05) is 23.3 Å². The molecule has 0 fully saturated rings. The number of fused-ring (bicyclic) bond motifs is 1. The molecule has 0 aromatic heterocycles. The zero-order valence-electron chi connectivity index (χ0n) is 6.71. The van der Waals surface area contributed by atoms with E-state index in [1.807, 2.05) is 0 Å². The lowest BCUT2D eigenvalue weighted by molar-refractivity contribution is -0.385. The molecule has 1 heterocycles. The van der Waals surface area contributed by atoms with Gasteiger partial charge in [-0.2, -0.15) is 0 Å². The molecule has 5 heteroatoms. The zero-order valence-corrected chi connectivity index (χ0v) is 7.47. The van der Waals surface area contributed by atoms with E-state index in [0.717, 1.165) is 17.8 Å². The normalized spacial score (nSPS) is 13.6. The number of halogens is 1. The van der Waals surface area contributed by atoms with Gasteiger partial charge in [0.1, 0.15) is 0 Å². The molecule has 1 aliphatic heterocycles. The maximum Gasteiger partial charge on any atom is 0.276 e. The third kappa shape index (κ3) is 1.33. The molecule has 0 bridgehead atoms. The van der Waals surface area contributed by atoms with Gasteiger partial charge in [-0.05, 0) is 12.5 Å². The van der Waals surface area contributed by atoms with Crippen molar-refractivity contribution in [2.24, 2.45) is 0 Å². The molecule has 1 aromatic rings. The van der Waals surface area contributed by atoms with Crippen LogP contribution in [0.2, 0.25) is 5.02 Å². The van der Waals surface area contributed by atoms with Gasteiger partial charge in [0.25, 0.3) is 5.69 Å². The molecule has 0 saturated carbocycles. The van der Waals surface area contributed by atoms with E-state index >= 15 is 0 Å². The minimum absolute atomic E-state index is 0.118. The highest BCUT2D eigenvalue weighted by molar-refractivity contribution is 6.31. The smallest absolute Gasteiger partial charge is 0.276 e. The summed E-state index contributed by atoms with van der Waals surface area (Å²) in [5, 5.41) is 14.1. The van der Waals surface area contributed by atoms with Gasteiger partial charge in [0.2, 0.25) is 0 Å². The first-order valence-corrected chi connectivity index (χ1v) is 4.27. The maximum absolute atomic E-state index is 10.6. The van der Waals surface area contributed by atoms with E-state index in [9.17, 15) is 10.1 Å². The van der Waals surface area contributed by atoms with Gasteiger partial charge in [-0.1, -0.05) is 11.6 Å². The van der Waals surface area contributed by atoms with Gasteiger partial charge in [0.05, 0.1) is 10.5 Å². The summed E-state index contributed by atoms with van der Waals surface area (Å²) in [4.78, 5) is 10.2. The van der Waals surface area contributed by atoms with Crippen LogP contribution in [0.25, 0.3) is 0 Å². The summed E-state index contributed by atoms with van der Waals surface area (Å²) >= 11 is 5.73. The van der Waals surface area contributed by atoms with E-state index < -0.39 is 4.92 Å². The summed E-state index contributed by atoms with van der Waals surface area (Å²) in [7, 11) is 0. The Morgan fingerprint density at radius 1 is 1.54 bits per heavy atom. The lowest BCUT2D eigenvalue weighted by Gasteiger charge is -2.00. The molecule has 0 amide bonds. The van der Waals surface area contributed by atoms with E-state index in [1.54, 1.807) is 6.07 Å². The van der Waals surface area contributed by atoms with Crippen molar-refractivity contribution >= 4 is 23.0 Å². The molecule has 1 aliphatic rings. The van der Waals surface area contributed by atoms with Crippen LogP contribution in [0, 0.1) is 10.1 Å². The highest BCUT2D eigenvalue weighted by atomic mass is 35.5. The second-order valence-electron chi connectivity index (χ2n) is 2.88. The van der Waals surface area contributed by atoms with Crippen LogP contribution in [0.5, 0.6) is 0 Å². The predicted molar refractivity (Wildman–Crippen MR) is 50.3 cm³/mol. The monoisotopic (exact) mass is 198 g/mol. The molecular formula is C8H7ClN2O2. The third-order valence-electron chi connectivity index (χ3n) is 2.08.